The molecule has 3 heteroatoms. The van der Waals surface area contributed by atoms with Crippen molar-refractivity contribution in [3.05, 3.63) is 128 Å². The van der Waals surface area contributed by atoms with E-state index in [9.17, 15) is 0 Å². The van der Waals surface area contributed by atoms with Crippen LogP contribution in [-0.4, -0.2) is 14.1 Å². The maximum Gasteiger partial charge on any atom is 0.0795 e. The van der Waals surface area contributed by atoms with Crippen molar-refractivity contribution in [2.75, 3.05) is 0 Å². The summed E-state index contributed by atoms with van der Waals surface area (Å²) < 4.78 is 4.74. The summed E-state index contributed by atoms with van der Waals surface area (Å²) in [6.07, 6.45) is 2.06. The minimum atomic E-state index is 1.10. The molecule has 1 aliphatic rings. The first-order chi connectivity index (χ1) is 18.9. The molecule has 0 aliphatic heterocycles. The highest BCUT2D eigenvalue weighted by Gasteiger charge is 2.32. The van der Waals surface area contributed by atoms with Gasteiger partial charge in [0.1, 0.15) is 0 Å². The monoisotopic (exact) mass is 483 g/mol. The Kier molecular flexibility index (Phi) is 3.79. The second-order valence-electron chi connectivity index (χ2n) is 10.0. The van der Waals surface area contributed by atoms with Gasteiger partial charge < -0.3 is 9.13 Å². The predicted octanol–water partition coefficient (Wildman–Crippen LogP) is 8.92. The highest BCUT2D eigenvalue weighted by molar-refractivity contribution is 6.30. The molecule has 3 heterocycles. The Morgan fingerprint density at radius 3 is 1.58 bits per heavy atom. The number of fused-ring (bicyclic) bond motifs is 12. The molecule has 8 aromatic rings. The van der Waals surface area contributed by atoms with Gasteiger partial charge in [-0.05, 0) is 42.5 Å². The van der Waals surface area contributed by atoms with Gasteiger partial charge in [0.25, 0.3) is 0 Å². The van der Waals surface area contributed by atoms with Gasteiger partial charge in [0, 0.05) is 49.6 Å². The minimum Gasteiger partial charge on any atom is -0.309 e. The van der Waals surface area contributed by atoms with Crippen molar-refractivity contribution in [2.24, 2.45) is 0 Å². The Balaban J connectivity index is 1.44. The molecule has 176 valence electrons. The highest BCUT2D eigenvalue weighted by atomic mass is 15.0. The van der Waals surface area contributed by atoms with Crippen molar-refractivity contribution in [2.45, 2.75) is 0 Å². The van der Waals surface area contributed by atoms with Crippen molar-refractivity contribution >= 4 is 43.6 Å². The molecule has 9 rings (SSSR count). The van der Waals surface area contributed by atoms with Crippen LogP contribution < -0.4 is 0 Å². The maximum absolute atomic E-state index is 5.04. The number of hydrogen-bond donors (Lipinski definition) is 0. The summed E-state index contributed by atoms with van der Waals surface area (Å²) in [7, 11) is 0. The van der Waals surface area contributed by atoms with Crippen LogP contribution in [0.15, 0.2) is 128 Å². The maximum atomic E-state index is 5.04. The Morgan fingerprint density at radius 2 is 0.947 bits per heavy atom. The normalized spacial score (nSPS) is 12.2. The Morgan fingerprint density at radius 1 is 0.421 bits per heavy atom. The lowest BCUT2D eigenvalue weighted by atomic mass is 9.79. The first-order valence-corrected chi connectivity index (χ1v) is 13.0. The highest BCUT2D eigenvalue weighted by Crippen LogP contribution is 2.56. The molecule has 3 aromatic heterocycles. The molecule has 38 heavy (non-hydrogen) atoms. The van der Waals surface area contributed by atoms with Crippen LogP contribution in [0.5, 0.6) is 0 Å². The van der Waals surface area contributed by atoms with E-state index in [1.807, 2.05) is 0 Å². The molecular formula is C35H21N3. The summed E-state index contributed by atoms with van der Waals surface area (Å²) in [5.41, 5.74) is 12.1. The van der Waals surface area contributed by atoms with Gasteiger partial charge in [-0.25, -0.2) is 0 Å². The van der Waals surface area contributed by atoms with Crippen molar-refractivity contribution < 1.29 is 0 Å². The lowest BCUT2D eigenvalue weighted by Gasteiger charge is -2.25. The van der Waals surface area contributed by atoms with Gasteiger partial charge in [-0.2, -0.15) is 0 Å². The molecule has 0 N–H and O–H groups in total. The van der Waals surface area contributed by atoms with E-state index in [1.165, 1.54) is 60.5 Å². The third kappa shape index (κ3) is 2.41. The molecule has 0 fully saturated rings. The van der Waals surface area contributed by atoms with Crippen molar-refractivity contribution in [3.63, 3.8) is 0 Å². The van der Waals surface area contributed by atoms with Crippen LogP contribution in [0.25, 0.3) is 77.4 Å². The standard InChI is InChI=1S/C35H21N3/c1-3-11-22(12-4-1)37-27-17-9-7-15-24(27)31-29(37)20-19-26-33(31)34-32-25-16-8-10-18-28(25)38(23-13-5-2-6-14-23)30(32)21-36-35(26)34/h1-21H. The number of benzene rings is 5. The molecule has 0 saturated heterocycles. The van der Waals surface area contributed by atoms with Crippen LogP contribution >= 0.6 is 0 Å². The first kappa shape index (κ1) is 20.0. The molecule has 0 radical (unpaired) electrons. The SMILES string of the molecule is c1ccc(-n2c3ccccc3c3c4c(ccc32)-c2ncc3c(c2-4)c2ccccc2n3-c2ccccc2)cc1. The summed E-state index contributed by atoms with van der Waals surface area (Å²) in [6.45, 7) is 0. The van der Waals surface area contributed by atoms with Gasteiger partial charge in [0.2, 0.25) is 0 Å². The van der Waals surface area contributed by atoms with Crippen LogP contribution in [0.2, 0.25) is 0 Å². The van der Waals surface area contributed by atoms with Gasteiger partial charge >= 0.3 is 0 Å². The minimum absolute atomic E-state index is 1.10. The fraction of sp³-hybridized carbons (Fsp3) is 0. The number of aromatic nitrogens is 3. The smallest absolute Gasteiger partial charge is 0.0795 e. The third-order valence-corrected chi connectivity index (χ3v) is 8.09. The topological polar surface area (TPSA) is 22.8 Å². The third-order valence-electron chi connectivity index (χ3n) is 8.09. The second-order valence-corrected chi connectivity index (χ2v) is 10.0. The van der Waals surface area contributed by atoms with Gasteiger partial charge in [0.05, 0.1) is 34.0 Å². The summed E-state index contributed by atoms with van der Waals surface area (Å²) in [6, 6.07) is 43.3. The van der Waals surface area contributed by atoms with E-state index in [1.54, 1.807) is 0 Å². The zero-order chi connectivity index (χ0) is 24.8. The Labute approximate surface area is 218 Å². The first-order valence-electron chi connectivity index (χ1n) is 13.0. The van der Waals surface area contributed by atoms with Gasteiger partial charge in [-0.15, -0.1) is 0 Å². The number of hydrogen-bond acceptors (Lipinski definition) is 1. The number of nitrogens with zero attached hydrogens (tertiary/aromatic N) is 3. The van der Waals surface area contributed by atoms with Crippen molar-refractivity contribution in [3.8, 4) is 33.8 Å². The zero-order valence-electron chi connectivity index (χ0n) is 20.5. The molecule has 1 aliphatic carbocycles. The molecule has 0 atom stereocenters. The van der Waals surface area contributed by atoms with Gasteiger partial charge in [-0.3, -0.25) is 4.98 Å². The molecule has 0 amide bonds. The average molecular weight is 484 g/mol. The summed E-state index contributed by atoms with van der Waals surface area (Å²) in [4.78, 5) is 5.04. The molecule has 0 bridgehead atoms. The van der Waals surface area contributed by atoms with E-state index in [-0.39, 0.29) is 0 Å². The van der Waals surface area contributed by atoms with Crippen LogP contribution in [0.1, 0.15) is 0 Å². The molecule has 0 unspecified atom stereocenters. The fourth-order valence-electron chi connectivity index (χ4n) is 6.57. The van der Waals surface area contributed by atoms with Crippen LogP contribution in [0.4, 0.5) is 0 Å². The van der Waals surface area contributed by atoms with E-state index < -0.39 is 0 Å². The Hall–Kier alpha value is -5.15. The van der Waals surface area contributed by atoms with Gasteiger partial charge in [-0.1, -0.05) is 78.9 Å². The predicted molar refractivity (Wildman–Crippen MR) is 157 cm³/mol. The van der Waals surface area contributed by atoms with E-state index in [0.29, 0.717) is 0 Å². The van der Waals surface area contributed by atoms with E-state index in [0.717, 1.165) is 16.9 Å². The summed E-state index contributed by atoms with van der Waals surface area (Å²) >= 11 is 0. The largest absolute Gasteiger partial charge is 0.309 e. The Bertz CT molecular complexity index is 2060. The van der Waals surface area contributed by atoms with Crippen molar-refractivity contribution in [1.29, 1.82) is 0 Å². The van der Waals surface area contributed by atoms with Crippen LogP contribution in [0, 0.1) is 0 Å². The van der Waals surface area contributed by atoms with E-state index >= 15 is 0 Å². The lowest BCUT2D eigenvalue weighted by molar-refractivity contribution is 1.16. The molecule has 0 spiro atoms. The second kappa shape index (κ2) is 7.21. The summed E-state index contributed by atoms with van der Waals surface area (Å²) in [5, 5.41) is 5.13. The van der Waals surface area contributed by atoms with Crippen LogP contribution in [0.3, 0.4) is 0 Å². The number of para-hydroxylation sites is 4. The lowest BCUT2D eigenvalue weighted by Crippen LogP contribution is -2.04. The van der Waals surface area contributed by atoms with E-state index in [4.69, 9.17) is 4.98 Å². The summed E-state index contributed by atoms with van der Waals surface area (Å²) in [5.74, 6) is 0. The van der Waals surface area contributed by atoms with Crippen molar-refractivity contribution in [1.82, 2.24) is 14.1 Å². The molecule has 5 aromatic carbocycles. The van der Waals surface area contributed by atoms with Crippen LogP contribution in [-0.2, 0) is 0 Å². The fourth-order valence-corrected chi connectivity index (χ4v) is 6.57. The molecular weight excluding hydrogens is 462 g/mol. The molecule has 0 saturated carbocycles. The molecule has 3 nitrogen and oxygen atoms in total. The average Bonchev–Trinajstić information content (AvgIpc) is 3.48. The van der Waals surface area contributed by atoms with E-state index in [2.05, 4.69) is 137 Å². The van der Waals surface area contributed by atoms with Gasteiger partial charge in [0.15, 0.2) is 0 Å². The zero-order valence-corrected chi connectivity index (χ0v) is 20.5. The number of pyridine rings is 1. The number of rotatable bonds is 2. The quantitative estimate of drug-likeness (QED) is 0.241.